The summed E-state index contributed by atoms with van der Waals surface area (Å²) in [6.07, 6.45) is -0.00716. The van der Waals surface area contributed by atoms with Gasteiger partial charge >= 0.3 is 5.97 Å². The number of nitrogens with zero attached hydrogens (tertiary/aromatic N) is 1. The van der Waals surface area contributed by atoms with Crippen LogP contribution in [0.2, 0.25) is 0 Å². The van der Waals surface area contributed by atoms with E-state index in [4.69, 9.17) is 9.84 Å². The predicted molar refractivity (Wildman–Crippen MR) is 95.7 cm³/mol. The maximum atomic E-state index is 12.8. The van der Waals surface area contributed by atoms with Crippen molar-refractivity contribution in [3.63, 3.8) is 0 Å². The highest BCUT2D eigenvalue weighted by atomic mass is 16.5. The molecular weight excluding hydrogens is 336 g/mol. The summed E-state index contributed by atoms with van der Waals surface area (Å²) in [6.45, 7) is 1.73. The number of nitrogens with one attached hydrogen (secondary N) is 1. The van der Waals surface area contributed by atoms with Crippen LogP contribution in [0.1, 0.15) is 22.3 Å². The number of carbonyl (C=O) groups excluding carboxylic acids is 2. The van der Waals surface area contributed by atoms with E-state index in [9.17, 15) is 14.4 Å². The van der Waals surface area contributed by atoms with E-state index in [1.54, 1.807) is 44.4 Å². The minimum atomic E-state index is -1.11. The van der Waals surface area contributed by atoms with Crippen LogP contribution in [0.15, 0.2) is 42.5 Å². The summed E-state index contributed by atoms with van der Waals surface area (Å²) >= 11 is 0. The molecule has 3 rings (SSSR count). The molecule has 26 heavy (non-hydrogen) atoms. The van der Waals surface area contributed by atoms with E-state index in [1.807, 2.05) is 0 Å². The first-order valence-corrected chi connectivity index (χ1v) is 8.02. The van der Waals surface area contributed by atoms with Crippen LogP contribution in [-0.4, -0.2) is 36.0 Å². The van der Waals surface area contributed by atoms with Crippen LogP contribution in [0.25, 0.3) is 0 Å². The molecule has 2 N–H and O–H groups in total. The summed E-state index contributed by atoms with van der Waals surface area (Å²) in [5, 5.41) is 12.2. The topological polar surface area (TPSA) is 95.9 Å². The second-order valence-corrected chi connectivity index (χ2v) is 6.01. The molecule has 7 heteroatoms. The van der Waals surface area contributed by atoms with Crippen LogP contribution in [-0.2, 0) is 9.59 Å². The fraction of sp³-hybridized carbons (Fsp3) is 0.211. The van der Waals surface area contributed by atoms with Crippen molar-refractivity contribution < 1.29 is 24.2 Å². The Kier molecular flexibility index (Phi) is 4.62. The normalized spacial score (nSPS) is 16.7. The van der Waals surface area contributed by atoms with Gasteiger partial charge in [-0.05, 0) is 36.8 Å². The third-order valence-corrected chi connectivity index (χ3v) is 4.25. The molecule has 0 spiro atoms. The molecule has 2 amide bonds. The lowest BCUT2D eigenvalue weighted by Crippen LogP contribution is -2.35. The number of benzene rings is 2. The molecule has 2 aromatic rings. The van der Waals surface area contributed by atoms with E-state index in [2.05, 4.69) is 5.32 Å². The van der Waals surface area contributed by atoms with Crippen molar-refractivity contribution in [1.29, 1.82) is 0 Å². The zero-order valence-electron chi connectivity index (χ0n) is 14.4. The molecule has 1 aliphatic heterocycles. The van der Waals surface area contributed by atoms with Crippen LogP contribution in [0.4, 0.5) is 11.4 Å². The molecule has 1 heterocycles. The Balaban J connectivity index is 1.87. The number of aryl methyl sites for hydroxylation is 1. The van der Waals surface area contributed by atoms with Gasteiger partial charge in [-0.1, -0.05) is 12.1 Å². The molecule has 1 atom stereocenters. The number of amides is 2. The molecule has 7 nitrogen and oxygen atoms in total. The second-order valence-electron chi connectivity index (χ2n) is 6.01. The van der Waals surface area contributed by atoms with Crippen LogP contribution >= 0.6 is 0 Å². The molecule has 1 fully saturated rings. The summed E-state index contributed by atoms with van der Waals surface area (Å²) in [5.41, 5.74) is 1.64. The highest BCUT2D eigenvalue weighted by Gasteiger charge is 2.40. The van der Waals surface area contributed by atoms with Gasteiger partial charge in [0.25, 0.3) is 5.91 Å². The zero-order valence-corrected chi connectivity index (χ0v) is 14.4. The number of ether oxygens (including phenoxy) is 1. The second kappa shape index (κ2) is 6.87. The summed E-state index contributed by atoms with van der Waals surface area (Å²) in [5.74, 6) is -1.27. The Morgan fingerprint density at radius 3 is 2.69 bits per heavy atom. The minimum absolute atomic E-state index is 0.00716. The lowest BCUT2D eigenvalue weighted by Gasteiger charge is -2.18. The quantitative estimate of drug-likeness (QED) is 0.801. The van der Waals surface area contributed by atoms with E-state index in [1.165, 1.54) is 12.1 Å². The molecule has 134 valence electrons. The number of imide groups is 1. The number of carboxylic acid groups (broad SMARTS) is 1. The Bertz CT molecular complexity index is 893. The van der Waals surface area contributed by atoms with Crippen LogP contribution in [0.5, 0.6) is 5.75 Å². The van der Waals surface area contributed by atoms with Gasteiger partial charge in [-0.3, -0.25) is 9.59 Å². The highest BCUT2D eigenvalue weighted by molar-refractivity contribution is 6.23. The van der Waals surface area contributed by atoms with E-state index in [-0.39, 0.29) is 17.9 Å². The molecule has 1 saturated heterocycles. The lowest BCUT2D eigenvalue weighted by molar-refractivity contribution is -0.121. The maximum Gasteiger partial charge on any atom is 0.335 e. The van der Waals surface area contributed by atoms with Crippen molar-refractivity contribution in [2.45, 2.75) is 19.4 Å². The molecule has 0 aromatic heterocycles. The fourth-order valence-electron chi connectivity index (χ4n) is 2.90. The number of rotatable bonds is 5. The van der Waals surface area contributed by atoms with Gasteiger partial charge in [0.15, 0.2) is 0 Å². The molecule has 2 aromatic carbocycles. The van der Waals surface area contributed by atoms with Gasteiger partial charge in [0, 0.05) is 11.8 Å². The van der Waals surface area contributed by atoms with Gasteiger partial charge in [-0.2, -0.15) is 0 Å². The molecular formula is C19H18N2O5. The number of hydrogen-bond donors (Lipinski definition) is 2. The Morgan fingerprint density at radius 1 is 1.23 bits per heavy atom. The molecule has 0 aliphatic carbocycles. The third-order valence-electron chi connectivity index (χ3n) is 4.25. The van der Waals surface area contributed by atoms with E-state index < -0.39 is 17.9 Å². The summed E-state index contributed by atoms with van der Waals surface area (Å²) in [4.78, 5) is 37.5. The zero-order chi connectivity index (χ0) is 18.8. The van der Waals surface area contributed by atoms with E-state index in [0.29, 0.717) is 22.7 Å². The van der Waals surface area contributed by atoms with Gasteiger partial charge in [0.2, 0.25) is 5.91 Å². The predicted octanol–water partition coefficient (Wildman–Crippen LogP) is 2.45. The Hall–Kier alpha value is -3.35. The Morgan fingerprint density at radius 2 is 2.00 bits per heavy atom. The molecule has 0 radical (unpaired) electrons. The van der Waals surface area contributed by atoms with E-state index >= 15 is 0 Å². The van der Waals surface area contributed by atoms with Crippen LogP contribution in [0, 0.1) is 6.92 Å². The lowest BCUT2D eigenvalue weighted by atomic mass is 10.1. The fourth-order valence-corrected chi connectivity index (χ4v) is 2.90. The number of methoxy groups -OCH3 is 1. The minimum Gasteiger partial charge on any atom is -0.497 e. The van der Waals surface area contributed by atoms with Gasteiger partial charge in [0.1, 0.15) is 11.8 Å². The Labute approximate surface area is 150 Å². The van der Waals surface area contributed by atoms with Gasteiger partial charge in [0.05, 0.1) is 24.8 Å². The number of carboxylic acids is 1. The van der Waals surface area contributed by atoms with Crippen molar-refractivity contribution >= 4 is 29.2 Å². The van der Waals surface area contributed by atoms with Crippen molar-refractivity contribution in [1.82, 2.24) is 0 Å². The first-order valence-electron chi connectivity index (χ1n) is 8.02. The molecule has 1 unspecified atom stereocenters. The number of aromatic carboxylic acids is 1. The monoisotopic (exact) mass is 354 g/mol. The van der Waals surface area contributed by atoms with Crippen molar-refractivity contribution in [3.8, 4) is 5.75 Å². The summed E-state index contributed by atoms with van der Waals surface area (Å²) in [7, 11) is 1.54. The van der Waals surface area contributed by atoms with Crippen molar-refractivity contribution in [2.75, 3.05) is 17.3 Å². The SMILES string of the molecule is COc1cccc(NC2CC(=O)N(c3cc(C(=O)O)ccc3C)C2=O)c1. The molecule has 0 saturated carbocycles. The van der Waals surface area contributed by atoms with Crippen LogP contribution in [0.3, 0.4) is 0 Å². The van der Waals surface area contributed by atoms with Gasteiger partial charge in [-0.15, -0.1) is 0 Å². The average molecular weight is 354 g/mol. The number of hydrogen-bond acceptors (Lipinski definition) is 5. The standard InChI is InChI=1S/C19H18N2O5/c1-11-6-7-12(19(24)25)8-16(11)21-17(22)10-15(18(21)23)20-13-4-3-5-14(9-13)26-2/h3-9,15,20H,10H2,1-2H3,(H,24,25). The highest BCUT2D eigenvalue weighted by Crippen LogP contribution is 2.29. The van der Waals surface area contributed by atoms with Crippen molar-refractivity contribution in [3.05, 3.63) is 53.6 Å². The third kappa shape index (κ3) is 3.23. The molecule has 0 bridgehead atoms. The van der Waals surface area contributed by atoms with Crippen molar-refractivity contribution in [2.24, 2.45) is 0 Å². The first kappa shape index (κ1) is 17.5. The largest absolute Gasteiger partial charge is 0.497 e. The van der Waals surface area contributed by atoms with E-state index in [0.717, 1.165) is 4.90 Å². The molecule has 1 aliphatic rings. The summed E-state index contributed by atoms with van der Waals surface area (Å²) < 4.78 is 5.15. The summed E-state index contributed by atoms with van der Waals surface area (Å²) in [6, 6.07) is 10.7. The number of carbonyl (C=O) groups is 3. The maximum absolute atomic E-state index is 12.8. The van der Waals surface area contributed by atoms with Gasteiger partial charge in [-0.25, -0.2) is 9.69 Å². The van der Waals surface area contributed by atoms with Gasteiger partial charge < -0.3 is 15.2 Å². The first-order chi connectivity index (χ1) is 12.4. The van der Waals surface area contributed by atoms with Crippen LogP contribution < -0.4 is 15.0 Å². The number of anilines is 2. The smallest absolute Gasteiger partial charge is 0.335 e. The average Bonchev–Trinajstić information content (AvgIpc) is 2.89.